The summed E-state index contributed by atoms with van der Waals surface area (Å²) >= 11 is 0. The number of nitrogens with two attached hydrogens (primary N) is 1. The van der Waals surface area contributed by atoms with Crippen LogP contribution >= 0.6 is 0 Å². The summed E-state index contributed by atoms with van der Waals surface area (Å²) in [4.78, 5) is 11.5. The highest BCUT2D eigenvalue weighted by Gasteiger charge is 2.24. The Morgan fingerprint density at radius 2 is 2.00 bits per heavy atom. The van der Waals surface area contributed by atoms with Crippen LogP contribution < -0.4 is 20.5 Å². The maximum Gasteiger partial charge on any atom is 0.344 e. The Morgan fingerprint density at radius 1 is 1.30 bits per heavy atom. The van der Waals surface area contributed by atoms with Crippen LogP contribution in [0, 0.1) is 0 Å². The zero-order valence-corrected chi connectivity index (χ0v) is 16.3. The van der Waals surface area contributed by atoms with Gasteiger partial charge in [-0.15, -0.1) is 4.40 Å². The van der Waals surface area contributed by atoms with Gasteiger partial charge in [0.15, 0.2) is 5.84 Å². The van der Waals surface area contributed by atoms with Gasteiger partial charge >= 0.3 is 10.2 Å². The Bertz CT molecular complexity index is 815. The lowest BCUT2D eigenvalue weighted by molar-refractivity contribution is -0.136. The van der Waals surface area contributed by atoms with E-state index in [1.54, 1.807) is 18.2 Å². The second-order valence-electron chi connectivity index (χ2n) is 6.81. The summed E-state index contributed by atoms with van der Waals surface area (Å²) in [5.74, 6) is 0.00468. The molecule has 2 rings (SSSR count). The van der Waals surface area contributed by atoms with Crippen molar-refractivity contribution in [3.8, 4) is 5.75 Å². The molecule has 1 heterocycles. The molecule has 0 spiro atoms. The topological polar surface area (TPSA) is 143 Å². The van der Waals surface area contributed by atoms with E-state index in [4.69, 9.17) is 10.5 Å². The van der Waals surface area contributed by atoms with Crippen LogP contribution in [0.4, 0.5) is 5.69 Å². The van der Waals surface area contributed by atoms with Crippen molar-refractivity contribution < 1.29 is 23.1 Å². The number of anilines is 1. The quantitative estimate of drug-likeness (QED) is 0.455. The van der Waals surface area contributed by atoms with Gasteiger partial charge in [-0.25, -0.2) is 0 Å². The highest BCUT2D eigenvalue weighted by atomic mass is 32.2. The number of ether oxygens (including phenoxy) is 1. The lowest BCUT2D eigenvalue weighted by atomic mass is 10.1. The van der Waals surface area contributed by atoms with E-state index < -0.39 is 15.8 Å². The molecular formula is C17H26N4O5S. The third kappa shape index (κ3) is 6.10. The molecule has 0 fully saturated rings. The van der Waals surface area contributed by atoms with Crippen LogP contribution in [0.1, 0.15) is 45.1 Å². The summed E-state index contributed by atoms with van der Waals surface area (Å²) in [5, 5.41) is 12.2. The van der Waals surface area contributed by atoms with Crippen molar-refractivity contribution in [2.45, 2.75) is 45.1 Å². The van der Waals surface area contributed by atoms with E-state index in [2.05, 4.69) is 14.4 Å². The average Bonchev–Trinajstić information content (AvgIpc) is 2.54. The van der Waals surface area contributed by atoms with E-state index >= 15 is 0 Å². The average molecular weight is 398 g/mol. The van der Waals surface area contributed by atoms with Crippen molar-refractivity contribution in [2.24, 2.45) is 10.1 Å². The predicted octanol–water partition coefficient (Wildman–Crippen LogP) is 0.889. The maximum absolute atomic E-state index is 11.6. The summed E-state index contributed by atoms with van der Waals surface area (Å²) in [5.41, 5.74) is 5.20. The monoisotopic (exact) mass is 398 g/mol. The molecule has 5 N–H and O–H groups in total. The van der Waals surface area contributed by atoms with Crippen molar-refractivity contribution in [2.75, 3.05) is 17.9 Å². The van der Waals surface area contributed by atoms with Crippen LogP contribution in [0.5, 0.6) is 5.75 Å². The number of nitrogens with zero attached hydrogens (tertiary/aromatic N) is 1. The van der Waals surface area contributed by atoms with E-state index in [-0.39, 0.29) is 11.7 Å². The molecule has 150 valence electrons. The molecule has 0 saturated carbocycles. The van der Waals surface area contributed by atoms with Crippen LogP contribution in [-0.2, 0) is 15.0 Å². The van der Waals surface area contributed by atoms with Crippen molar-refractivity contribution in [1.82, 2.24) is 5.32 Å². The van der Waals surface area contributed by atoms with Crippen LogP contribution in [0.15, 0.2) is 22.6 Å². The number of hydrogen-bond acceptors (Lipinski definition) is 6. The van der Waals surface area contributed by atoms with E-state index in [1.165, 1.54) is 13.8 Å². The fourth-order valence-corrected chi connectivity index (χ4v) is 3.36. The highest BCUT2D eigenvalue weighted by Crippen LogP contribution is 2.30. The third-order valence-electron chi connectivity index (χ3n) is 3.91. The molecule has 0 saturated heterocycles. The molecule has 0 bridgehead atoms. The maximum atomic E-state index is 11.6. The summed E-state index contributed by atoms with van der Waals surface area (Å²) in [7, 11) is -3.80. The number of hydrogen-bond donors (Lipinski definition) is 4. The number of fused-ring (bicyclic) bond motifs is 1. The number of aliphatic hydroxyl groups is 1. The number of amidine groups is 1. The first kappa shape index (κ1) is 21.0. The Labute approximate surface area is 159 Å². The predicted molar refractivity (Wildman–Crippen MR) is 103 cm³/mol. The summed E-state index contributed by atoms with van der Waals surface area (Å²) in [6.07, 6.45) is 3.42. The van der Waals surface area contributed by atoms with Crippen molar-refractivity contribution in [3.05, 3.63) is 23.8 Å². The molecule has 9 nitrogen and oxygen atoms in total. The summed E-state index contributed by atoms with van der Waals surface area (Å²) in [6.45, 7) is 3.87. The lowest BCUT2D eigenvalue weighted by Crippen LogP contribution is -2.42. The van der Waals surface area contributed by atoms with Crippen molar-refractivity contribution in [1.29, 1.82) is 0 Å². The summed E-state index contributed by atoms with van der Waals surface area (Å²) in [6, 6.07) is 5.00. The first-order chi connectivity index (χ1) is 12.6. The number of carbonyl (C=O) groups is 1. The normalized spacial score (nSPS) is 15.3. The Hall–Kier alpha value is -2.33. The van der Waals surface area contributed by atoms with Gasteiger partial charge in [0, 0.05) is 6.54 Å². The van der Waals surface area contributed by atoms with Crippen LogP contribution in [0.25, 0.3) is 0 Å². The standard InChI is InChI=1S/C17H26N4O5S/c1-17(2,23)16(22)19-10-5-3-4-6-11-26-13-9-7-8-12-14(13)15(18)21-27(24,25)20-12/h7-9,20,23H,3-6,10-11H2,1-2H3,(H2,18,21)(H,19,22). The van der Waals surface area contributed by atoms with Gasteiger partial charge in [-0.3, -0.25) is 9.52 Å². The van der Waals surface area contributed by atoms with Gasteiger partial charge in [0.05, 0.1) is 17.9 Å². The molecule has 27 heavy (non-hydrogen) atoms. The number of nitrogens with one attached hydrogen (secondary N) is 2. The smallest absolute Gasteiger partial charge is 0.344 e. The largest absolute Gasteiger partial charge is 0.493 e. The molecule has 10 heteroatoms. The Kier molecular flexibility index (Phi) is 6.66. The van der Waals surface area contributed by atoms with Crippen LogP contribution in [0.2, 0.25) is 0 Å². The Morgan fingerprint density at radius 3 is 2.70 bits per heavy atom. The number of amides is 1. The molecular weight excluding hydrogens is 372 g/mol. The molecule has 1 aromatic carbocycles. The molecule has 0 atom stereocenters. The second kappa shape index (κ2) is 8.57. The molecule has 0 unspecified atom stereocenters. The van der Waals surface area contributed by atoms with Gasteiger partial charge in [-0.2, -0.15) is 8.42 Å². The zero-order valence-electron chi connectivity index (χ0n) is 15.5. The Balaban J connectivity index is 1.73. The second-order valence-corrected chi connectivity index (χ2v) is 8.15. The number of rotatable bonds is 9. The molecule has 1 amide bonds. The fraction of sp³-hybridized carbons (Fsp3) is 0.529. The lowest BCUT2D eigenvalue weighted by Gasteiger charge is -2.19. The molecule has 1 aromatic rings. The van der Waals surface area contributed by atoms with Crippen LogP contribution in [-0.4, -0.2) is 44.0 Å². The number of unbranched alkanes of at least 4 members (excludes halogenated alkanes) is 3. The molecule has 0 radical (unpaired) electrons. The fourth-order valence-electron chi connectivity index (χ4n) is 2.52. The highest BCUT2D eigenvalue weighted by molar-refractivity contribution is 7.91. The van der Waals surface area contributed by atoms with E-state index in [1.807, 2.05) is 0 Å². The molecule has 0 aromatic heterocycles. The zero-order chi connectivity index (χ0) is 20.1. The van der Waals surface area contributed by atoms with Gasteiger partial charge in [-0.1, -0.05) is 18.9 Å². The van der Waals surface area contributed by atoms with E-state index in [9.17, 15) is 18.3 Å². The first-order valence-corrected chi connectivity index (χ1v) is 10.2. The van der Waals surface area contributed by atoms with Crippen molar-refractivity contribution >= 4 is 27.6 Å². The van der Waals surface area contributed by atoms with Gasteiger partial charge in [-0.05, 0) is 38.8 Å². The minimum atomic E-state index is -3.80. The van der Waals surface area contributed by atoms with Gasteiger partial charge in [0.1, 0.15) is 11.4 Å². The SMILES string of the molecule is CC(C)(O)C(=O)NCCCCCCOc1cccc2c1C(N)=NS(=O)(=O)N2. The first-order valence-electron chi connectivity index (χ1n) is 8.75. The van der Waals surface area contributed by atoms with Crippen molar-refractivity contribution in [3.63, 3.8) is 0 Å². The minimum absolute atomic E-state index is 0.0955. The molecule has 0 aliphatic carbocycles. The molecule has 1 aliphatic heterocycles. The van der Waals surface area contributed by atoms with Gasteiger partial charge in [0.25, 0.3) is 5.91 Å². The van der Waals surface area contributed by atoms with Crippen LogP contribution in [0.3, 0.4) is 0 Å². The summed E-state index contributed by atoms with van der Waals surface area (Å²) < 4.78 is 34.6. The minimum Gasteiger partial charge on any atom is -0.493 e. The molecule has 1 aliphatic rings. The van der Waals surface area contributed by atoms with Gasteiger partial charge in [0.2, 0.25) is 0 Å². The van der Waals surface area contributed by atoms with E-state index in [0.29, 0.717) is 30.2 Å². The third-order valence-corrected chi connectivity index (χ3v) is 4.82. The van der Waals surface area contributed by atoms with Gasteiger partial charge < -0.3 is 20.9 Å². The number of carbonyl (C=O) groups excluding carboxylic acids is 1. The van der Waals surface area contributed by atoms with E-state index in [0.717, 1.165) is 25.7 Å². The number of benzene rings is 1.